The molecule has 19 heavy (non-hydrogen) atoms. The third-order valence-corrected chi connectivity index (χ3v) is 2.31. The molecule has 0 saturated carbocycles. The summed E-state index contributed by atoms with van der Waals surface area (Å²) in [6.45, 7) is 0. The molecule has 1 aromatic heterocycles. The maximum absolute atomic E-state index is 11.2. The molecule has 0 aliphatic rings. The van der Waals surface area contributed by atoms with Crippen LogP contribution in [0.2, 0.25) is 0 Å². The van der Waals surface area contributed by atoms with Crippen LogP contribution in [0.25, 0.3) is 11.3 Å². The van der Waals surface area contributed by atoms with E-state index in [0.29, 0.717) is 11.4 Å². The van der Waals surface area contributed by atoms with Crippen molar-refractivity contribution in [1.82, 2.24) is 5.16 Å². The lowest BCUT2D eigenvalue weighted by Gasteiger charge is -1.97. The van der Waals surface area contributed by atoms with Gasteiger partial charge in [-0.2, -0.15) is 0 Å². The van der Waals surface area contributed by atoms with Gasteiger partial charge in [-0.1, -0.05) is 5.16 Å². The highest BCUT2D eigenvalue weighted by Gasteiger charge is 2.13. The summed E-state index contributed by atoms with van der Waals surface area (Å²) in [5.41, 5.74) is 12.0. The molecule has 98 valence electrons. The van der Waals surface area contributed by atoms with Gasteiger partial charge in [-0.3, -0.25) is 0 Å². The molecule has 4 N–H and O–H groups in total. The molecular formula is C12H12N4O3. The lowest BCUT2D eigenvalue weighted by atomic mass is 10.1. The first-order valence-corrected chi connectivity index (χ1v) is 5.35. The van der Waals surface area contributed by atoms with Gasteiger partial charge in [0.05, 0.1) is 12.8 Å². The van der Waals surface area contributed by atoms with Crippen LogP contribution in [-0.4, -0.2) is 24.2 Å². The molecule has 2 rings (SSSR count). The van der Waals surface area contributed by atoms with E-state index < -0.39 is 5.97 Å². The number of hydrogen-bond acceptors (Lipinski definition) is 5. The smallest absolute Gasteiger partial charge is 0.360 e. The summed E-state index contributed by atoms with van der Waals surface area (Å²) >= 11 is 0. The second kappa shape index (κ2) is 5.21. The normalized spacial score (nSPS) is 9.95. The zero-order valence-corrected chi connectivity index (χ0v) is 10.2. The van der Waals surface area contributed by atoms with E-state index in [1.54, 1.807) is 24.3 Å². The molecule has 0 atom stereocenters. The molecule has 0 aliphatic heterocycles. The first-order chi connectivity index (χ1) is 9.10. The number of carbonyl (C=O) groups is 1. The highest BCUT2D eigenvalue weighted by atomic mass is 16.5. The molecule has 0 saturated heterocycles. The first-order valence-electron chi connectivity index (χ1n) is 5.35. The average molecular weight is 260 g/mol. The summed E-state index contributed by atoms with van der Waals surface area (Å²) in [5, 5.41) is 3.62. The van der Waals surface area contributed by atoms with Gasteiger partial charge < -0.3 is 20.7 Å². The maximum Gasteiger partial charge on any atom is 0.360 e. The Morgan fingerprint density at radius 3 is 2.58 bits per heavy atom. The molecule has 0 amide bonds. The topological polar surface area (TPSA) is 117 Å². The van der Waals surface area contributed by atoms with Gasteiger partial charge in [0.1, 0.15) is 0 Å². The van der Waals surface area contributed by atoms with Crippen molar-refractivity contribution in [2.24, 2.45) is 16.5 Å². The minimum Gasteiger partial charge on any atom is -0.464 e. The summed E-state index contributed by atoms with van der Waals surface area (Å²) in [6.07, 6.45) is 0. The van der Waals surface area contributed by atoms with Gasteiger partial charge in [0.2, 0.25) is 0 Å². The number of aromatic nitrogens is 1. The largest absolute Gasteiger partial charge is 0.464 e. The van der Waals surface area contributed by atoms with Crippen LogP contribution in [0.3, 0.4) is 0 Å². The van der Waals surface area contributed by atoms with E-state index in [-0.39, 0.29) is 11.7 Å². The van der Waals surface area contributed by atoms with Crippen LogP contribution >= 0.6 is 0 Å². The predicted molar refractivity (Wildman–Crippen MR) is 68.7 cm³/mol. The number of esters is 1. The van der Waals surface area contributed by atoms with E-state index in [4.69, 9.17) is 16.0 Å². The number of rotatable bonds is 3. The number of hydrogen-bond donors (Lipinski definition) is 2. The summed E-state index contributed by atoms with van der Waals surface area (Å²) in [5.74, 6) is -0.107. The molecule has 0 aliphatic carbocycles. The standard InChI is InChI=1S/C12H12N4O3/c1-18-11(17)9-6-10(19-16-9)7-2-4-8(5-3-7)15-12(13)14/h2-6H,1H3,(H4,13,14,15). The fourth-order valence-corrected chi connectivity index (χ4v) is 1.46. The zero-order valence-electron chi connectivity index (χ0n) is 10.2. The molecule has 7 nitrogen and oxygen atoms in total. The van der Waals surface area contributed by atoms with E-state index in [1.807, 2.05) is 0 Å². The number of aliphatic imine (C=N–C) groups is 1. The minimum absolute atomic E-state index is 0.0135. The van der Waals surface area contributed by atoms with E-state index in [0.717, 1.165) is 5.56 Å². The molecule has 0 radical (unpaired) electrons. The van der Waals surface area contributed by atoms with Gasteiger partial charge in [-0.05, 0) is 24.3 Å². The van der Waals surface area contributed by atoms with Crippen molar-refractivity contribution in [3.63, 3.8) is 0 Å². The van der Waals surface area contributed by atoms with Crippen molar-refractivity contribution in [3.8, 4) is 11.3 Å². The molecule has 0 spiro atoms. The van der Waals surface area contributed by atoms with Crippen LogP contribution in [0, 0.1) is 0 Å². The highest BCUT2D eigenvalue weighted by Crippen LogP contribution is 2.23. The van der Waals surface area contributed by atoms with Crippen LogP contribution in [0.5, 0.6) is 0 Å². The van der Waals surface area contributed by atoms with Crippen molar-refractivity contribution < 1.29 is 14.1 Å². The molecule has 2 aromatic rings. The Kier molecular flexibility index (Phi) is 3.46. The average Bonchev–Trinajstić information content (AvgIpc) is 2.87. The first kappa shape index (κ1) is 12.6. The Hall–Kier alpha value is -2.83. The van der Waals surface area contributed by atoms with Gasteiger partial charge in [-0.25, -0.2) is 9.79 Å². The van der Waals surface area contributed by atoms with Crippen molar-refractivity contribution in [2.45, 2.75) is 0 Å². The predicted octanol–water partition coefficient (Wildman–Crippen LogP) is 1.03. The van der Waals surface area contributed by atoms with Crippen molar-refractivity contribution in [3.05, 3.63) is 36.0 Å². The summed E-state index contributed by atoms with van der Waals surface area (Å²) in [6, 6.07) is 8.44. The third-order valence-electron chi connectivity index (χ3n) is 2.31. The number of methoxy groups -OCH3 is 1. The zero-order chi connectivity index (χ0) is 13.8. The monoisotopic (exact) mass is 260 g/mol. The molecule has 7 heteroatoms. The van der Waals surface area contributed by atoms with Crippen LogP contribution in [-0.2, 0) is 4.74 Å². The second-order valence-electron chi connectivity index (χ2n) is 3.65. The van der Waals surface area contributed by atoms with E-state index in [9.17, 15) is 4.79 Å². The number of nitrogens with zero attached hydrogens (tertiary/aromatic N) is 2. The van der Waals surface area contributed by atoms with Crippen molar-refractivity contribution in [1.29, 1.82) is 0 Å². The van der Waals surface area contributed by atoms with Gasteiger partial charge in [0.25, 0.3) is 0 Å². The van der Waals surface area contributed by atoms with Crippen LogP contribution in [0.1, 0.15) is 10.5 Å². The number of nitrogens with two attached hydrogens (primary N) is 2. The van der Waals surface area contributed by atoms with E-state index in [2.05, 4.69) is 14.9 Å². The highest BCUT2D eigenvalue weighted by molar-refractivity contribution is 5.88. The molecule has 0 bridgehead atoms. The Balaban J connectivity index is 2.25. The van der Waals surface area contributed by atoms with Crippen molar-refractivity contribution in [2.75, 3.05) is 7.11 Å². The molecule has 0 fully saturated rings. The molecule has 1 aromatic carbocycles. The van der Waals surface area contributed by atoms with Crippen LogP contribution in [0.15, 0.2) is 39.8 Å². The van der Waals surface area contributed by atoms with Gasteiger partial charge in [0, 0.05) is 11.6 Å². The van der Waals surface area contributed by atoms with Gasteiger partial charge in [-0.15, -0.1) is 0 Å². The summed E-state index contributed by atoms with van der Waals surface area (Å²) in [7, 11) is 1.28. The maximum atomic E-state index is 11.2. The number of carbonyl (C=O) groups excluding carboxylic acids is 1. The Morgan fingerprint density at radius 1 is 1.32 bits per heavy atom. The summed E-state index contributed by atoms with van der Waals surface area (Å²) in [4.78, 5) is 15.1. The molecular weight excluding hydrogens is 248 g/mol. The van der Waals surface area contributed by atoms with Crippen LogP contribution in [0.4, 0.5) is 5.69 Å². The summed E-state index contributed by atoms with van der Waals surface area (Å²) < 4.78 is 9.60. The Morgan fingerprint density at radius 2 is 2.00 bits per heavy atom. The molecule has 0 unspecified atom stereocenters. The minimum atomic E-state index is -0.549. The van der Waals surface area contributed by atoms with Gasteiger partial charge in [0.15, 0.2) is 17.4 Å². The second-order valence-corrected chi connectivity index (χ2v) is 3.65. The number of benzene rings is 1. The van der Waals surface area contributed by atoms with E-state index in [1.165, 1.54) is 13.2 Å². The quantitative estimate of drug-likeness (QED) is 0.483. The van der Waals surface area contributed by atoms with Gasteiger partial charge >= 0.3 is 5.97 Å². The lowest BCUT2D eigenvalue weighted by molar-refractivity contribution is 0.0589. The fourth-order valence-electron chi connectivity index (χ4n) is 1.46. The SMILES string of the molecule is COC(=O)c1cc(-c2ccc(N=C(N)N)cc2)on1. The Bertz CT molecular complexity index is 612. The number of guanidine groups is 1. The van der Waals surface area contributed by atoms with Crippen LogP contribution < -0.4 is 11.5 Å². The van der Waals surface area contributed by atoms with Crippen molar-refractivity contribution >= 4 is 17.6 Å². The fraction of sp³-hybridized carbons (Fsp3) is 0.0833. The Labute approximate surface area is 108 Å². The lowest BCUT2D eigenvalue weighted by Crippen LogP contribution is -2.21. The van der Waals surface area contributed by atoms with E-state index >= 15 is 0 Å². The number of ether oxygens (including phenoxy) is 1. The third kappa shape index (κ3) is 2.89. The molecule has 1 heterocycles.